The summed E-state index contributed by atoms with van der Waals surface area (Å²) in [5, 5.41) is 6.64. The van der Waals surface area contributed by atoms with E-state index >= 15 is 0 Å². The Balaban J connectivity index is 1.71. The van der Waals surface area contributed by atoms with Gasteiger partial charge in [-0.1, -0.05) is 71.5 Å². The minimum atomic E-state index is 0.170. The fourth-order valence-electron chi connectivity index (χ4n) is 5.99. The van der Waals surface area contributed by atoms with E-state index in [9.17, 15) is 0 Å². The van der Waals surface area contributed by atoms with Gasteiger partial charge in [-0.25, -0.2) is 4.57 Å². The molecule has 0 bridgehead atoms. The van der Waals surface area contributed by atoms with Crippen molar-refractivity contribution >= 4 is 44.3 Å². The molecule has 0 unspecified atom stereocenters. The summed E-state index contributed by atoms with van der Waals surface area (Å²) in [6.07, 6.45) is 6.17. The summed E-state index contributed by atoms with van der Waals surface area (Å²) in [6.45, 7) is 16.2. The van der Waals surface area contributed by atoms with Crippen LogP contribution >= 0.6 is 11.8 Å². The number of benzene rings is 3. The zero-order chi connectivity index (χ0) is 25.6. The first-order chi connectivity index (χ1) is 16.9. The van der Waals surface area contributed by atoms with Crippen molar-refractivity contribution in [1.29, 1.82) is 0 Å². The second-order valence-electron chi connectivity index (χ2n) is 13.0. The minimum Gasteiger partial charge on any atom is -0.464 e. The minimum absolute atomic E-state index is 0.170. The number of aryl methyl sites for hydroxylation is 2. The fourth-order valence-corrected chi connectivity index (χ4v) is 7.47. The second-order valence-corrected chi connectivity index (χ2v) is 14.1. The summed E-state index contributed by atoms with van der Waals surface area (Å²) in [5.74, 6) is 0. The van der Waals surface area contributed by atoms with E-state index in [1.54, 1.807) is 0 Å². The van der Waals surface area contributed by atoms with E-state index in [-0.39, 0.29) is 10.8 Å². The van der Waals surface area contributed by atoms with Gasteiger partial charge in [0.05, 0.1) is 17.2 Å². The summed E-state index contributed by atoms with van der Waals surface area (Å²) in [4.78, 5) is 2.79. The predicted octanol–water partition coefficient (Wildman–Crippen LogP) is 9.18. The lowest BCUT2D eigenvalue weighted by molar-refractivity contribution is -0.659. The summed E-state index contributed by atoms with van der Waals surface area (Å²) in [6, 6.07) is 14.0. The van der Waals surface area contributed by atoms with Crippen LogP contribution in [-0.4, -0.2) is 0 Å². The molecule has 2 nitrogen and oxygen atoms in total. The Morgan fingerprint density at radius 1 is 0.833 bits per heavy atom. The number of furan rings is 1. The van der Waals surface area contributed by atoms with Gasteiger partial charge in [0.25, 0.3) is 0 Å². The van der Waals surface area contributed by atoms with Crippen molar-refractivity contribution in [3.8, 4) is 11.3 Å². The van der Waals surface area contributed by atoms with Crippen LogP contribution in [0.5, 0.6) is 0 Å². The van der Waals surface area contributed by atoms with Crippen LogP contribution in [0.15, 0.2) is 63.1 Å². The van der Waals surface area contributed by atoms with Gasteiger partial charge >= 0.3 is 0 Å². The first-order valence-corrected chi connectivity index (χ1v) is 13.8. The molecule has 3 heterocycles. The maximum Gasteiger partial charge on any atom is 0.222 e. The smallest absolute Gasteiger partial charge is 0.222 e. The molecule has 3 aromatic carbocycles. The standard InChI is InChI=1S/C33H36NOS/c1-19-26-28-27-21(11-13-34(28)8)16-22-15-20(17-32(2,3)4)9-10-23(22)30(27)36-31(26)25(18-33(5,6)7)24-12-14-35-29(19)24/h9-16H,17-18H2,1-8H3/q+1. The van der Waals surface area contributed by atoms with Crippen LogP contribution in [-0.2, 0) is 19.9 Å². The molecule has 6 rings (SSSR count). The normalized spacial score (nSPS) is 13.7. The van der Waals surface area contributed by atoms with E-state index in [4.69, 9.17) is 4.42 Å². The van der Waals surface area contributed by atoms with Gasteiger partial charge in [-0.05, 0) is 70.0 Å². The van der Waals surface area contributed by atoms with Crippen LogP contribution in [0.1, 0.15) is 58.2 Å². The van der Waals surface area contributed by atoms with Gasteiger partial charge in [0.15, 0.2) is 6.20 Å². The Bertz CT molecular complexity index is 1690. The highest BCUT2D eigenvalue weighted by Gasteiger charge is 2.34. The van der Waals surface area contributed by atoms with Crippen molar-refractivity contribution in [2.45, 2.75) is 71.1 Å². The van der Waals surface area contributed by atoms with Crippen molar-refractivity contribution in [3.05, 3.63) is 65.5 Å². The molecule has 0 radical (unpaired) electrons. The summed E-state index contributed by atoms with van der Waals surface area (Å²) in [7, 11) is 2.18. The average molecular weight is 495 g/mol. The van der Waals surface area contributed by atoms with Crippen molar-refractivity contribution < 1.29 is 8.98 Å². The first-order valence-electron chi connectivity index (χ1n) is 13.0. The van der Waals surface area contributed by atoms with Crippen molar-refractivity contribution in [1.82, 2.24) is 0 Å². The van der Waals surface area contributed by atoms with Crippen LogP contribution in [0, 0.1) is 17.8 Å². The number of aromatic nitrogens is 1. The number of rotatable bonds is 2. The highest BCUT2D eigenvalue weighted by molar-refractivity contribution is 8.00. The highest BCUT2D eigenvalue weighted by Crippen LogP contribution is 2.54. The molecule has 2 aromatic heterocycles. The molecule has 0 saturated carbocycles. The van der Waals surface area contributed by atoms with E-state index in [2.05, 4.69) is 103 Å². The lowest BCUT2D eigenvalue weighted by Gasteiger charge is -2.27. The molecular formula is C33H36NOS+. The number of nitrogens with zero attached hydrogens (tertiary/aromatic N) is 1. The molecule has 0 amide bonds. The average Bonchev–Trinajstić information content (AvgIpc) is 3.26. The van der Waals surface area contributed by atoms with Crippen molar-refractivity contribution in [2.75, 3.05) is 0 Å². The van der Waals surface area contributed by atoms with E-state index in [1.807, 2.05) is 18.0 Å². The molecule has 36 heavy (non-hydrogen) atoms. The van der Waals surface area contributed by atoms with Crippen molar-refractivity contribution in [3.63, 3.8) is 0 Å². The van der Waals surface area contributed by atoms with E-state index in [1.165, 1.54) is 64.7 Å². The number of hydrogen-bond donors (Lipinski definition) is 0. The Kier molecular flexibility index (Phi) is 5.15. The molecule has 5 aromatic rings. The topological polar surface area (TPSA) is 17.0 Å². The molecule has 1 aliphatic rings. The van der Waals surface area contributed by atoms with Gasteiger partial charge in [-0.15, -0.1) is 0 Å². The Morgan fingerprint density at radius 3 is 2.31 bits per heavy atom. The predicted molar refractivity (Wildman–Crippen MR) is 153 cm³/mol. The fraction of sp³-hybridized carbons (Fsp3) is 0.364. The maximum atomic E-state index is 6.10. The van der Waals surface area contributed by atoms with Gasteiger partial charge < -0.3 is 4.42 Å². The molecule has 0 N–H and O–H groups in total. The van der Waals surface area contributed by atoms with E-state index in [0.29, 0.717) is 0 Å². The third kappa shape index (κ3) is 3.75. The molecule has 184 valence electrons. The van der Waals surface area contributed by atoms with Crippen LogP contribution in [0.3, 0.4) is 0 Å². The molecule has 0 spiro atoms. The van der Waals surface area contributed by atoms with Gasteiger partial charge in [0.1, 0.15) is 12.6 Å². The molecule has 0 aliphatic carbocycles. The Labute approximate surface area is 218 Å². The highest BCUT2D eigenvalue weighted by atomic mass is 32.2. The molecular weight excluding hydrogens is 458 g/mol. The quantitative estimate of drug-likeness (QED) is 0.176. The van der Waals surface area contributed by atoms with E-state index in [0.717, 1.165) is 18.4 Å². The largest absolute Gasteiger partial charge is 0.464 e. The molecule has 0 fully saturated rings. The zero-order valence-electron chi connectivity index (χ0n) is 22.8. The first kappa shape index (κ1) is 23.6. The van der Waals surface area contributed by atoms with Crippen molar-refractivity contribution in [2.24, 2.45) is 17.9 Å². The molecule has 0 saturated heterocycles. The van der Waals surface area contributed by atoms with Gasteiger partial charge in [0.2, 0.25) is 5.69 Å². The SMILES string of the molecule is Cc1c2c(c(CC(C)(C)C)c3ccoc13)Sc1c3ccc(CC(C)(C)C)cc3cc3cc[n+](C)c-2c13. The lowest BCUT2D eigenvalue weighted by Crippen LogP contribution is -2.32. The number of fused-ring (bicyclic) bond motifs is 5. The van der Waals surface area contributed by atoms with Crippen LogP contribution in [0.2, 0.25) is 0 Å². The number of pyridine rings is 1. The van der Waals surface area contributed by atoms with Crippen LogP contribution < -0.4 is 4.57 Å². The zero-order valence-corrected chi connectivity index (χ0v) is 23.6. The van der Waals surface area contributed by atoms with Gasteiger partial charge in [-0.2, -0.15) is 0 Å². The number of hydrogen-bond acceptors (Lipinski definition) is 2. The van der Waals surface area contributed by atoms with Crippen LogP contribution in [0.25, 0.3) is 43.8 Å². The third-order valence-electron chi connectivity index (χ3n) is 7.34. The Morgan fingerprint density at radius 2 is 1.58 bits per heavy atom. The van der Waals surface area contributed by atoms with E-state index < -0.39 is 0 Å². The van der Waals surface area contributed by atoms with Gasteiger partial charge in [0, 0.05) is 26.8 Å². The maximum absolute atomic E-state index is 6.10. The third-order valence-corrected chi connectivity index (χ3v) is 8.63. The summed E-state index contributed by atoms with van der Waals surface area (Å²) in [5.41, 5.74) is 8.18. The van der Waals surface area contributed by atoms with Crippen LogP contribution in [0.4, 0.5) is 0 Å². The Hall–Kier alpha value is -2.78. The summed E-state index contributed by atoms with van der Waals surface area (Å²) >= 11 is 1.98. The molecule has 0 atom stereocenters. The second kappa shape index (κ2) is 7.86. The van der Waals surface area contributed by atoms with Gasteiger partial charge in [-0.3, -0.25) is 0 Å². The summed E-state index contributed by atoms with van der Waals surface area (Å²) < 4.78 is 8.41. The lowest BCUT2D eigenvalue weighted by atomic mass is 9.84. The molecule has 3 heteroatoms. The molecule has 1 aliphatic heterocycles. The monoisotopic (exact) mass is 494 g/mol.